The molecule has 1 aromatic carbocycles. The Hall–Kier alpha value is -2.01. The Bertz CT molecular complexity index is 812. The van der Waals surface area contributed by atoms with Gasteiger partial charge in [-0.05, 0) is 32.4 Å². The molecule has 1 unspecified atom stereocenters. The quantitative estimate of drug-likeness (QED) is 0.582. The molecule has 0 radical (unpaired) electrons. The van der Waals surface area contributed by atoms with E-state index in [-0.39, 0.29) is 0 Å². The van der Waals surface area contributed by atoms with E-state index in [0.717, 1.165) is 28.4 Å². The van der Waals surface area contributed by atoms with Crippen molar-refractivity contribution in [2.24, 2.45) is 0 Å². The van der Waals surface area contributed by atoms with Crippen molar-refractivity contribution in [3.8, 4) is 11.3 Å². The van der Waals surface area contributed by atoms with Gasteiger partial charge in [0.15, 0.2) is 0 Å². The molecule has 3 rings (SSSR count). The normalized spacial score (nSPS) is 12.5. The topological polar surface area (TPSA) is 50.7 Å². The molecule has 1 N–H and O–H groups in total. The Morgan fingerprint density at radius 3 is 2.88 bits per heavy atom. The minimum Gasteiger partial charge on any atom is -0.367 e. The lowest BCUT2D eigenvalue weighted by atomic mass is 10.1. The molecule has 126 valence electrons. The van der Waals surface area contributed by atoms with Crippen LogP contribution in [0.3, 0.4) is 0 Å². The van der Waals surface area contributed by atoms with Crippen LogP contribution in [0.25, 0.3) is 21.5 Å². The van der Waals surface area contributed by atoms with Gasteiger partial charge >= 0.3 is 0 Å². The molecule has 0 saturated heterocycles. The molecule has 0 fully saturated rings. The maximum atomic E-state index is 4.61. The number of thiazole rings is 1. The van der Waals surface area contributed by atoms with Crippen molar-refractivity contribution in [2.45, 2.75) is 52.5 Å². The summed E-state index contributed by atoms with van der Waals surface area (Å²) in [4.78, 5) is 13.5. The molecule has 0 aliphatic rings. The van der Waals surface area contributed by atoms with E-state index in [1.165, 1.54) is 30.4 Å². The number of aromatic nitrogens is 3. The van der Waals surface area contributed by atoms with Gasteiger partial charge in [-0.1, -0.05) is 32.3 Å². The zero-order valence-electron chi connectivity index (χ0n) is 14.5. The number of nitrogens with one attached hydrogen (secondary N) is 1. The van der Waals surface area contributed by atoms with Crippen molar-refractivity contribution in [2.75, 3.05) is 5.32 Å². The van der Waals surface area contributed by atoms with Gasteiger partial charge in [0, 0.05) is 17.7 Å². The fourth-order valence-electron chi connectivity index (χ4n) is 2.83. The van der Waals surface area contributed by atoms with E-state index in [1.54, 1.807) is 11.3 Å². The van der Waals surface area contributed by atoms with Crippen LogP contribution in [-0.4, -0.2) is 21.0 Å². The molecular formula is C19H24N4S. The van der Waals surface area contributed by atoms with Gasteiger partial charge in [-0.2, -0.15) is 0 Å². The summed E-state index contributed by atoms with van der Waals surface area (Å²) < 4.78 is 1.19. The highest BCUT2D eigenvalue weighted by Crippen LogP contribution is 2.26. The van der Waals surface area contributed by atoms with Crippen molar-refractivity contribution >= 4 is 27.4 Å². The first kappa shape index (κ1) is 16.8. The Morgan fingerprint density at radius 2 is 2.04 bits per heavy atom. The fraction of sp³-hybridized carbons (Fsp3) is 0.421. The van der Waals surface area contributed by atoms with E-state index in [1.807, 2.05) is 18.5 Å². The monoisotopic (exact) mass is 340 g/mol. The van der Waals surface area contributed by atoms with Crippen molar-refractivity contribution in [3.05, 3.63) is 35.6 Å². The number of anilines is 1. The number of rotatable bonds is 7. The lowest BCUT2D eigenvalue weighted by molar-refractivity contribution is 0.613. The fourth-order valence-corrected chi connectivity index (χ4v) is 3.55. The average Bonchev–Trinajstić information content (AvgIpc) is 3.02. The van der Waals surface area contributed by atoms with Gasteiger partial charge in [0.1, 0.15) is 11.6 Å². The van der Waals surface area contributed by atoms with Crippen LogP contribution in [0.4, 0.5) is 5.82 Å². The number of nitrogens with zero attached hydrogens (tertiary/aromatic N) is 3. The van der Waals surface area contributed by atoms with E-state index in [2.05, 4.69) is 52.3 Å². The third kappa shape index (κ3) is 4.09. The minimum atomic E-state index is 0.419. The zero-order valence-corrected chi connectivity index (χ0v) is 15.4. The van der Waals surface area contributed by atoms with Crippen LogP contribution in [0.15, 0.2) is 29.8 Å². The maximum absolute atomic E-state index is 4.61. The molecule has 5 heteroatoms. The van der Waals surface area contributed by atoms with E-state index in [0.29, 0.717) is 6.04 Å². The van der Waals surface area contributed by atoms with E-state index < -0.39 is 0 Å². The Kier molecular flexibility index (Phi) is 5.41. The summed E-state index contributed by atoms with van der Waals surface area (Å²) in [6.45, 7) is 6.40. The Balaban J connectivity index is 1.80. The van der Waals surface area contributed by atoms with Crippen LogP contribution in [0.5, 0.6) is 0 Å². The summed E-state index contributed by atoms with van der Waals surface area (Å²) in [5, 5.41) is 3.52. The standard InChI is InChI=1S/C19H24N4S/c1-4-5-6-7-13(2)21-19-11-17(22-14(3)23-19)15-8-9-16-18(10-15)24-12-20-16/h8-13H,4-7H2,1-3H3,(H,21,22,23). The number of hydrogen-bond acceptors (Lipinski definition) is 5. The summed E-state index contributed by atoms with van der Waals surface area (Å²) in [6, 6.07) is 8.76. The summed E-state index contributed by atoms with van der Waals surface area (Å²) in [5.41, 5.74) is 4.99. The van der Waals surface area contributed by atoms with Crippen LogP contribution >= 0.6 is 11.3 Å². The van der Waals surface area contributed by atoms with Crippen LogP contribution in [0.1, 0.15) is 45.4 Å². The second-order valence-electron chi connectivity index (χ2n) is 6.26. The second-order valence-corrected chi connectivity index (χ2v) is 7.15. The Morgan fingerprint density at radius 1 is 1.17 bits per heavy atom. The molecule has 2 heterocycles. The lowest BCUT2D eigenvalue weighted by Gasteiger charge is -2.15. The first-order chi connectivity index (χ1) is 11.7. The number of fused-ring (bicyclic) bond motifs is 1. The van der Waals surface area contributed by atoms with Gasteiger partial charge in [-0.3, -0.25) is 0 Å². The van der Waals surface area contributed by atoms with Gasteiger partial charge in [-0.25, -0.2) is 15.0 Å². The van der Waals surface area contributed by atoms with Crippen LogP contribution in [-0.2, 0) is 0 Å². The molecule has 0 spiro atoms. The highest BCUT2D eigenvalue weighted by Gasteiger charge is 2.09. The van der Waals surface area contributed by atoms with Crippen LogP contribution < -0.4 is 5.32 Å². The first-order valence-electron chi connectivity index (χ1n) is 8.61. The average molecular weight is 340 g/mol. The van der Waals surface area contributed by atoms with Crippen molar-refractivity contribution in [1.82, 2.24) is 15.0 Å². The first-order valence-corrected chi connectivity index (χ1v) is 9.49. The molecule has 0 bridgehead atoms. The molecule has 0 aliphatic carbocycles. The predicted octanol–water partition coefficient (Wildman–Crippen LogP) is 5.44. The van der Waals surface area contributed by atoms with Gasteiger partial charge in [-0.15, -0.1) is 11.3 Å². The van der Waals surface area contributed by atoms with Crippen LogP contribution in [0, 0.1) is 6.92 Å². The van der Waals surface area contributed by atoms with Gasteiger partial charge in [0.2, 0.25) is 0 Å². The second kappa shape index (κ2) is 7.71. The molecule has 0 aliphatic heterocycles. The third-order valence-corrected chi connectivity index (χ3v) is 4.89. The molecule has 3 aromatic rings. The van der Waals surface area contributed by atoms with Crippen molar-refractivity contribution < 1.29 is 0 Å². The third-order valence-electron chi connectivity index (χ3n) is 4.10. The smallest absolute Gasteiger partial charge is 0.130 e. The van der Waals surface area contributed by atoms with E-state index in [9.17, 15) is 0 Å². The highest BCUT2D eigenvalue weighted by molar-refractivity contribution is 7.16. The maximum Gasteiger partial charge on any atom is 0.130 e. The van der Waals surface area contributed by atoms with Crippen molar-refractivity contribution in [1.29, 1.82) is 0 Å². The molecule has 24 heavy (non-hydrogen) atoms. The van der Waals surface area contributed by atoms with E-state index >= 15 is 0 Å². The lowest BCUT2D eigenvalue weighted by Crippen LogP contribution is -2.16. The molecule has 4 nitrogen and oxygen atoms in total. The summed E-state index contributed by atoms with van der Waals surface area (Å²) in [6.07, 6.45) is 4.96. The molecule has 1 atom stereocenters. The summed E-state index contributed by atoms with van der Waals surface area (Å²) in [7, 11) is 0. The van der Waals surface area contributed by atoms with Gasteiger partial charge in [0.05, 0.1) is 21.4 Å². The van der Waals surface area contributed by atoms with Gasteiger partial charge in [0.25, 0.3) is 0 Å². The predicted molar refractivity (Wildman–Crippen MR) is 103 cm³/mol. The Labute approximate surface area is 147 Å². The summed E-state index contributed by atoms with van der Waals surface area (Å²) >= 11 is 1.66. The van der Waals surface area contributed by atoms with E-state index in [4.69, 9.17) is 0 Å². The summed E-state index contributed by atoms with van der Waals surface area (Å²) in [5.74, 6) is 1.70. The van der Waals surface area contributed by atoms with Crippen LogP contribution in [0.2, 0.25) is 0 Å². The molecule has 0 saturated carbocycles. The molecular weight excluding hydrogens is 316 g/mol. The number of benzene rings is 1. The largest absolute Gasteiger partial charge is 0.367 e. The zero-order chi connectivity index (χ0) is 16.9. The SMILES string of the molecule is CCCCCC(C)Nc1cc(-c2ccc3ncsc3c2)nc(C)n1. The molecule has 2 aromatic heterocycles. The van der Waals surface area contributed by atoms with Crippen molar-refractivity contribution in [3.63, 3.8) is 0 Å². The number of hydrogen-bond donors (Lipinski definition) is 1. The highest BCUT2D eigenvalue weighted by atomic mass is 32.1. The number of aryl methyl sites for hydroxylation is 1. The minimum absolute atomic E-state index is 0.419. The number of unbranched alkanes of at least 4 members (excludes halogenated alkanes) is 2. The molecule has 0 amide bonds. The van der Waals surface area contributed by atoms with Gasteiger partial charge < -0.3 is 5.32 Å².